The first-order valence-corrected chi connectivity index (χ1v) is 8.49. The van der Waals surface area contributed by atoms with Crippen molar-refractivity contribution in [1.29, 1.82) is 0 Å². The van der Waals surface area contributed by atoms with Crippen molar-refractivity contribution < 1.29 is 4.79 Å². The second-order valence-corrected chi connectivity index (χ2v) is 6.90. The van der Waals surface area contributed by atoms with Gasteiger partial charge in [0.1, 0.15) is 0 Å². The van der Waals surface area contributed by atoms with Gasteiger partial charge in [-0.3, -0.25) is 4.79 Å². The summed E-state index contributed by atoms with van der Waals surface area (Å²) in [6, 6.07) is 0.340. The molecule has 1 aliphatic heterocycles. The van der Waals surface area contributed by atoms with Crippen LogP contribution in [0.2, 0.25) is 0 Å². The maximum Gasteiger partial charge on any atom is 0.223 e. The molecule has 5 heteroatoms. The zero-order valence-electron chi connectivity index (χ0n) is 11.8. The molecule has 3 unspecified atom stereocenters. The number of halogens is 1. The monoisotopic (exact) mass is 306 g/mol. The fraction of sp³-hybridized carbons (Fsp3) is 0.929. The lowest BCUT2D eigenvalue weighted by Gasteiger charge is -2.18. The van der Waals surface area contributed by atoms with E-state index in [9.17, 15) is 4.79 Å². The first-order chi connectivity index (χ1) is 8.72. The van der Waals surface area contributed by atoms with Gasteiger partial charge in [0.15, 0.2) is 0 Å². The number of carbonyl (C=O) groups excluding carboxylic acids is 1. The third-order valence-electron chi connectivity index (χ3n) is 4.37. The van der Waals surface area contributed by atoms with Crippen LogP contribution in [0.25, 0.3) is 0 Å². The molecule has 2 fully saturated rings. The van der Waals surface area contributed by atoms with Gasteiger partial charge in [-0.05, 0) is 36.9 Å². The maximum absolute atomic E-state index is 12.1. The summed E-state index contributed by atoms with van der Waals surface area (Å²) in [6.07, 6.45) is 5.60. The maximum atomic E-state index is 12.1. The molecule has 1 heterocycles. The number of hydrogen-bond donors (Lipinski definition) is 1. The first-order valence-electron chi connectivity index (χ1n) is 7.33. The Bertz CT molecular complexity index is 291. The Labute approximate surface area is 127 Å². The molecule has 3 atom stereocenters. The van der Waals surface area contributed by atoms with Crippen molar-refractivity contribution in [2.75, 3.05) is 24.6 Å². The minimum atomic E-state index is 0. The van der Waals surface area contributed by atoms with Crippen LogP contribution in [0.5, 0.6) is 0 Å². The van der Waals surface area contributed by atoms with Gasteiger partial charge >= 0.3 is 0 Å². The van der Waals surface area contributed by atoms with E-state index in [0.29, 0.717) is 30.2 Å². The smallest absolute Gasteiger partial charge is 0.223 e. The number of rotatable bonds is 6. The van der Waals surface area contributed by atoms with E-state index < -0.39 is 0 Å². The predicted molar refractivity (Wildman–Crippen MR) is 84.9 cm³/mol. The van der Waals surface area contributed by atoms with Crippen molar-refractivity contribution in [1.82, 2.24) is 4.90 Å². The number of nitrogens with zero attached hydrogens (tertiary/aromatic N) is 1. The number of thioether (sulfide) groups is 1. The lowest BCUT2D eigenvalue weighted by atomic mass is 9.98. The predicted octanol–water partition coefficient (Wildman–Crippen LogP) is 2.53. The second-order valence-electron chi connectivity index (χ2n) is 5.68. The average molecular weight is 307 g/mol. The van der Waals surface area contributed by atoms with Gasteiger partial charge in [0.2, 0.25) is 5.91 Å². The van der Waals surface area contributed by atoms with Gasteiger partial charge in [-0.15, -0.1) is 12.4 Å². The number of likely N-dealkylation sites (tertiary alicyclic amines) is 1. The summed E-state index contributed by atoms with van der Waals surface area (Å²) in [5.41, 5.74) is 6.10. The fourth-order valence-corrected chi connectivity index (χ4v) is 4.19. The van der Waals surface area contributed by atoms with Gasteiger partial charge in [0, 0.05) is 31.3 Å². The Morgan fingerprint density at radius 2 is 2.11 bits per heavy atom. The zero-order valence-corrected chi connectivity index (χ0v) is 13.5. The molecule has 19 heavy (non-hydrogen) atoms. The van der Waals surface area contributed by atoms with E-state index in [-0.39, 0.29) is 12.4 Å². The van der Waals surface area contributed by atoms with E-state index in [2.05, 4.69) is 11.8 Å². The summed E-state index contributed by atoms with van der Waals surface area (Å²) in [5.74, 6) is 3.80. The van der Waals surface area contributed by atoms with E-state index in [1.165, 1.54) is 25.0 Å². The van der Waals surface area contributed by atoms with Crippen molar-refractivity contribution in [2.45, 2.75) is 45.1 Å². The summed E-state index contributed by atoms with van der Waals surface area (Å²) in [6.45, 7) is 4.10. The Balaban J connectivity index is 0.00000180. The van der Waals surface area contributed by atoms with Crippen molar-refractivity contribution in [2.24, 2.45) is 17.6 Å². The van der Waals surface area contributed by atoms with E-state index in [1.54, 1.807) is 0 Å². The van der Waals surface area contributed by atoms with Gasteiger partial charge in [-0.25, -0.2) is 0 Å². The zero-order chi connectivity index (χ0) is 13.0. The van der Waals surface area contributed by atoms with Crippen LogP contribution in [0.1, 0.15) is 39.0 Å². The SMILES string of the molecule is CCCCSCCC(=O)N1CC2CCC(N)C2C1.Cl. The number of amides is 1. The van der Waals surface area contributed by atoms with Crippen LogP contribution in [-0.2, 0) is 4.79 Å². The first kappa shape index (κ1) is 17.1. The molecule has 2 rings (SSSR count). The largest absolute Gasteiger partial charge is 0.342 e. The van der Waals surface area contributed by atoms with Crippen LogP contribution in [0.15, 0.2) is 0 Å². The lowest BCUT2D eigenvalue weighted by molar-refractivity contribution is -0.130. The van der Waals surface area contributed by atoms with Gasteiger partial charge in [0.05, 0.1) is 0 Å². The van der Waals surface area contributed by atoms with Crippen LogP contribution in [0, 0.1) is 11.8 Å². The summed E-state index contributed by atoms with van der Waals surface area (Å²) < 4.78 is 0. The van der Waals surface area contributed by atoms with Crippen LogP contribution < -0.4 is 5.73 Å². The van der Waals surface area contributed by atoms with Gasteiger partial charge in [0.25, 0.3) is 0 Å². The molecule has 2 N–H and O–H groups in total. The Hall–Kier alpha value is 0.0700. The number of fused-ring (bicyclic) bond motifs is 1. The highest BCUT2D eigenvalue weighted by atomic mass is 35.5. The highest BCUT2D eigenvalue weighted by Gasteiger charge is 2.42. The van der Waals surface area contributed by atoms with Crippen molar-refractivity contribution in [3.05, 3.63) is 0 Å². The third kappa shape index (κ3) is 4.54. The number of nitrogens with two attached hydrogens (primary N) is 1. The molecule has 0 aromatic heterocycles. The molecule has 0 bridgehead atoms. The molecule has 1 aliphatic carbocycles. The summed E-state index contributed by atoms with van der Waals surface area (Å²) in [4.78, 5) is 14.2. The molecule has 2 aliphatic rings. The van der Waals surface area contributed by atoms with Gasteiger partial charge in [-0.1, -0.05) is 13.3 Å². The standard InChI is InChI=1S/C14H26N2OS.ClH/c1-2-3-7-18-8-6-14(17)16-9-11-4-5-13(15)12(11)10-16;/h11-13H,2-10,15H2,1H3;1H. The molecule has 3 nitrogen and oxygen atoms in total. The van der Waals surface area contributed by atoms with E-state index in [1.807, 2.05) is 11.8 Å². The molecular formula is C14H27ClN2OS. The highest BCUT2D eigenvalue weighted by molar-refractivity contribution is 7.99. The molecule has 0 aromatic rings. The Kier molecular flexibility index (Phi) is 7.55. The molecule has 0 spiro atoms. The molecule has 1 saturated carbocycles. The number of hydrogen-bond acceptors (Lipinski definition) is 3. The summed E-state index contributed by atoms with van der Waals surface area (Å²) in [7, 11) is 0. The molecular weight excluding hydrogens is 280 g/mol. The highest BCUT2D eigenvalue weighted by Crippen LogP contribution is 2.37. The third-order valence-corrected chi connectivity index (χ3v) is 5.44. The normalized spacial score (nSPS) is 29.2. The topological polar surface area (TPSA) is 46.3 Å². The Morgan fingerprint density at radius 3 is 2.79 bits per heavy atom. The van der Waals surface area contributed by atoms with Gasteiger partial charge < -0.3 is 10.6 Å². The van der Waals surface area contributed by atoms with Crippen LogP contribution >= 0.6 is 24.2 Å². The molecule has 0 radical (unpaired) electrons. The number of unbranched alkanes of at least 4 members (excludes halogenated alkanes) is 1. The molecule has 0 aromatic carbocycles. The van der Waals surface area contributed by atoms with Crippen LogP contribution in [0.4, 0.5) is 0 Å². The van der Waals surface area contributed by atoms with Crippen LogP contribution in [0.3, 0.4) is 0 Å². The van der Waals surface area contributed by atoms with E-state index >= 15 is 0 Å². The molecule has 1 saturated heterocycles. The van der Waals surface area contributed by atoms with Gasteiger partial charge in [-0.2, -0.15) is 11.8 Å². The summed E-state index contributed by atoms with van der Waals surface area (Å²) in [5, 5.41) is 0. The van der Waals surface area contributed by atoms with Crippen LogP contribution in [-0.4, -0.2) is 41.4 Å². The van der Waals surface area contributed by atoms with Crippen molar-refractivity contribution >= 4 is 30.1 Å². The van der Waals surface area contributed by atoms with Crippen molar-refractivity contribution in [3.63, 3.8) is 0 Å². The fourth-order valence-electron chi connectivity index (χ4n) is 3.18. The minimum Gasteiger partial charge on any atom is -0.342 e. The molecule has 112 valence electrons. The average Bonchev–Trinajstić information content (AvgIpc) is 2.92. The van der Waals surface area contributed by atoms with E-state index in [0.717, 1.165) is 25.3 Å². The lowest BCUT2D eigenvalue weighted by Crippen LogP contribution is -2.33. The van der Waals surface area contributed by atoms with E-state index in [4.69, 9.17) is 5.73 Å². The second kappa shape index (κ2) is 8.38. The van der Waals surface area contributed by atoms with Crippen molar-refractivity contribution in [3.8, 4) is 0 Å². The quantitative estimate of drug-likeness (QED) is 0.767. The summed E-state index contributed by atoms with van der Waals surface area (Å²) >= 11 is 1.91. The number of carbonyl (C=O) groups is 1. The Morgan fingerprint density at radius 1 is 1.32 bits per heavy atom. The minimum absolute atomic E-state index is 0. The molecule has 1 amide bonds.